The zero-order valence-electron chi connectivity index (χ0n) is 18.1. The van der Waals surface area contributed by atoms with Gasteiger partial charge in [0.05, 0.1) is 38.9 Å². The summed E-state index contributed by atoms with van der Waals surface area (Å²) in [6.45, 7) is 4.29. The quantitative estimate of drug-likeness (QED) is 0.671. The molecule has 0 saturated carbocycles. The zero-order valence-corrected chi connectivity index (χ0v) is 18.1. The minimum Gasteiger partial charge on any atom is -0.495 e. The van der Waals surface area contributed by atoms with Gasteiger partial charge in [0.15, 0.2) is 11.6 Å². The molecule has 0 amide bonds. The van der Waals surface area contributed by atoms with Crippen LogP contribution in [-0.4, -0.2) is 45.6 Å². The second-order valence-electron chi connectivity index (χ2n) is 7.39. The van der Waals surface area contributed by atoms with Crippen LogP contribution < -0.4 is 20.3 Å². The maximum absolute atomic E-state index is 13.1. The molecule has 0 unspecified atom stereocenters. The first-order valence-electron chi connectivity index (χ1n) is 10.4. The molecule has 0 fully saturated rings. The standard InChI is InChI=1S/C24H26FN5O2/c1-17-13-26-16-30(14-17)21-8-3-18(11-22(21)31-2)12-23-24(27-9-10-32-23)29-15-28-20-6-4-19(25)5-7-20/h3-8,11-12,14,16,28H,9-10,13,15H2,1-2H3,(H,27,29)/b23-12-. The van der Waals surface area contributed by atoms with E-state index in [0.717, 1.165) is 22.7 Å². The molecule has 0 aromatic heterocycles. The van der Waals surface area contributed by atoms with Crippen LogP contribution in [0.5, 0.6) is 5.75 Å². The van der Waals surface area contributed by atoms with Gasteiger partial charge in [0.25, 0.3) is 0 Å². The van der Waals surface area contributed by atoms with Crippen LogP contribution in [0.25, 0.3) is 6.08 Å². The largest absolute Gasteiger partial charge is 0.495 e. The van der Waals surface area contributed by atoms with Crippen molar-refractivity contribution >= 4 is 29.6 Å². The number of ether oxygens (including phenoxy) is 2. The van der Waals surface area contributed by atoms with Crippen LogP contribution in [-0.2, 0) is 4.74 Å². The molecule has 7 nitrogen and oxygen atoms in total. The summed E-state index contributed by atoms with van der Waals surface area (Å²) in [5.74, 6) is 1.79. The van der Waals surface area contributed by atoms with E-state index in [0.29, 0.717) is 38.0 Å². The Morgan fingerprint density at radius 1 is 1.19 bits per heavy atom. The van der Waals surface area contributed by atoms with E-state index in [4.69, 9.17) is 9.47 Å². The van der Waals surface area contributed by atoms with E-state index in [2.05, 4.69) is 26.8 Å². The molecule has 2 aliphatic heterocycles. The maximum Gasteiger partial charge on any atom is 0.165 e. The lowest BCUT2D eigenvalue weighted by atomic mass is 10.1. The van der Waals surface area contributed by atoms with Crippen molar-refractivity contribution < 1.29 is 13.9 Å². The summed E-state index contributed by atoms with van der Waals surface area (Å²) < 4.78 is 24.5. The number of halogens is 1. The van der Waals surface area contributed by atoms with Crippen molar-refractivity contribution in [2.24, 2.45) is 9.98 Å². The van der Waals surface area contributed by atoms with Gasteiger partial charge in [-0.15, -0.1) is 0 Å². The zero-order chi connectivity index (χ0) is 22.3. The molecule has 2 aliphatic rings. The minimum absolute atomic E-state index is 0.265. The molecule has 2 N–H and O–H groups in total. The van der Waals surface area contributed by atoms with Crippen LogP contribution in [0.4, 0.5) is 15.8 Å². The lowest BCUT2D eigenvalue weighted by molar-refractivity contribution is 0.232. The Hall–Kier alpha value is -3.81. The smallest absolute Gasteiger partial charge is 0.165 e. The van der Waals surface area contributed by atoms with E-state index < -0.39 is 0 Å². The first kappa shape index (κ1) is 21.4. The van der Waals surface area contributed by atoms with Gasteiger partial charge in [0.2, 0.25) is 0 Å². The van der Waals surface area contributed by atoms with Crippen molar-refractivity contribution in [3.8, 4) is 5.75 Å². The number of nitrogens with one attached hydrogen (secondary N) is 2. The van der Waals surface area contributed by atoms with Crippen molar-refractivity contribution in [2.75, 3.05) is 43.7 Å². The molecule has 0 atom stereocenters. The molecule has 0 aliphatic carbocycles. The number of nitrogens with zero attached hydrogens (tertiary/aromatic N) is 3. The van der Waals surface area contributed by atoms with Crippen molar-refractivity contribution in [1.82, 2.24) is 5.32 Å². The van der Waals surface area contributed by atoms with E-state index in [1.54, 1.807) is 25.6 Å². The Kier molecular flexibility index (Phi) is 6.69. The second kappa shape index (κ2) is 10.00. The van der Waals surface area contributed by atoms with Gasteiger partial charge in [-0.05, 0) is 60.5 Å². The summed E-state index contributed by atoms with van der Waals surface area (Å²) in [4.78, 5) is 10.9. The Bertz CT molecular complexity index is 1080. The summed E-state index contributed by atoms with van der Waals surface area (Å²) in [6, 6.07) is 12.2. The molecule has 0 spiro atoms. The number of aliphatic imine (C=N–C) groups is 2. The average Bonchev–Trinajstić information content (AvgIpc) is 2.81. The number of rotatable bonds is 6. The van der Waals surface area contributed by atoms with Crippen LogP contribution in [0.3, 0.4) is 0 Å². The molecule has 8 heteroatoms. The van der Waals surface area contributed by atoms with Gasteiger partial charge in [-0.2, -0.15) is 0 Å². The fourth-order valence-electron chi connectivity index (χ4n) is 3.37. The Morgan fingerprint density at radius 3 is 2.81 bits per heavy atom. The van der Waals surface area contributed by atoms with Gasteiger partial charge in [0.1, 0.15) is 18.2 Å². The summed E-state index contributed by atoms with van der Waals surface area (Å²) >= 11 is 0. The predicted octanol–water partition coefficient (Wildman–Crippen LogP) is 4.02. The van der Waals surface area contributed by atoms with Crippen LogP contribution in [0.2, 0.25) is 0 Å². The van der Waals surface area contributed by atoms with Crippen LogP contribution in [0.1, 0.15) is 12.5 Å². The van der Waals surface area contributed by atoms with Gasteiger partial charge < -0.3 is 25.0 Å². The number of methoxy groups -OCH3 is 1. The van der Waals surface area contributed by atoms with E-state index >= 15 is 0 Å². The van der Waals surface area contributed by atoms with E-state index in [1.807, 2.05) is 36.1 Å². The highest BCUT2D eigenvalue weighted by Gasteiger charge is 2.15. The molecule has 0 saturated heterocycles. The first-order valence-corrected chi connectivity index (χ1v) is 10.4. The molecule has 0 bridgehead atoms. The lowest BCUT2D eigenvalue weighted by Gasteiger charge is -2.22. The third-order valence-corrected chi connectivity index (χ3v) is 4.93. The average molecular weight is 436 g/mol. The van der Waals surface area contributed by atoms with Gasteiger partial charge in [-0.3, -0.25) is 9.98 Å². The molecule has 4 rings (SSSR count). The van der Waals surface area contributed by atoms with E-state index in [9.17, 15) is 4.39 Å². The SMILES string of the molecule is COc1cc(/C=C2\OCCN=C2NCNc2ccc(F)cc2)ccc1N1C=NCC(C)=C1. The predicted molar refractivity (Wildman–Crippen MR) is 127 cm³/mol. The number of anilines is 2. The van der Waals surface area contributed by atoms with Crippen LogP contribution in [0.15, 0.2) is 70.0 Å². The third-order valence-electron chi connectivity index (χ3n) is 4.93. The van der Waals surface area contributed by atoms with Crippen molar-refractivity contribution in [3.63, 3.8) is 0 Å². The van der Waals surface area contributed by atoms with Crippen molar-refractivity contribution in [1.29, 1.82) is 0 Å². The molecule has 2 aromatic rings. The summed E-state index contributed by atoms with van der Waals surface area (Å²) in [5, 5.41) is 6.42. The fraction of sp³-hybridized carbons (Fsp3) is 0.250. The number of hydrogen-bond acceptors (Lipinski definition) is 7. The van der Waals surface area contributed by atoms with E-state index in [-0.39, 0.29) is 5.82 Å². The number of benzene rings is 2. The lowest BCUT2D eigenvalue weighted by Crippen LogP contribution is -2.34. The number of amidine groups is 1. The minimum atomic E-state index is -0.265. The number of hydrogen-bond donors (Lipinski definition) is 2. The third kappa shape index (κ3) is 5.26. The highest BCUT2D eigenvalue weighted by molar-refractivity contribution is 6.01. The Morgan fingerprint density at radius 2 is 2.03 bits per heavy atom. The summed E-state index contributed by atoms with van der Waals surface area (Å²) in [5.41, 5.74) is 3.83. The monoisotopic (exact) mass is 435 g/mol. The highest BCUT2D eigenvalue weighted by atomic mass is 19.1. The highest BCUT2D eigenvalue weighted by Crippen LogP contribution is 2.31. The Balaban J connectivity index is 1.47. The van der Waals surface area contributed by atoms with E-state index in [1.165, 1.54) is 17.7 Å². The summed E-state index contributed by atoms with van der Waals surface area (Å²) in [6.07, 6.45) is 5.78. The molecule has 2 aromatic carbocycles. The molecule has 2 heterocycles. The normalized spacial score (nSPS) is 16.8. The molecular weight excluding hydrogens is 409 g/mol. The van der Waals surface area contributed by atoms with Crippen molar-refractivity contribution in [2.45, 2.75) is 6.92 Å². The van der Waals surface area contributed by atoms with Gasteiger partial charge in [0, 0.05) is 11.9 Å². The first-order chi connectivity index (χ1) is 15.6. The van der Waals surface area contributed by atoms with Gasteiger partial charge in [-0.1, -0.05) is 6.07 Å². The fourth-order valence-corrected chi connectivity index (χ4v) is 3.37. The van der Waals surface area contributed by atoms with Crippen LogP contribution in [0, 0.1) is 5.82 Å². The maximum atomic E-state index is 13.1. The Labute approximate surface area is 187 Å². The molecule has 32 heavy (non-hydrogen) atoms. The van der Waals surface area contributed by atoms with Crippen LogP contribution >= 0.6 is 0 Å². The van der Waals surface area contributed by atoms with Gasteiger partial charge in [-0.25, -0.2) is 4.39 Å². The molecule has 0 radical (unpaired) electrons. The molecular formula is C24H26FN5O2. The topological polar surface area (TPSA) is 70.5 Å². The summed E-state index contributed by atoms with van der Waals surface area (Å²) in [7, 11) is 1.65. The van der Waals surface area contributed by atoms with Crippen molar-refractivity contribution in [3.05, 3.63) is 71.4 Å². The molecule has 166 valence electrons. The van der Waals surface area contributed by atoms with Gasteiger partial charge >= 0.3 is 0 Å². The second-order valence-corrected chi connectivity index (χ2v) is 7.39.